The molecule has 0 aliphatic carbocycles. The van der Waals surface area contributed by atoms with Crippen LogP contribution in [0.15, 0.2) is 41.5 Å². The van der Waals surface area contributed by atoms with Crippen LogP contribution in [0.4, 0.5) is 4.39 Å². The van der Waals surface area contributed by atoms with E-state index in [1.54, 1.807) is 19.4 Å². The van der Waals surface area contributed by atoms with Gasteiger partial charge in [-0.05, 0) is 49.1 Å². The number of aryl methyl sites for hydroxylation is 1. The monoisotopic (exact) mass is 344 g/mol. The Bertz CT molecular complexity index is 701. The number of benzene rings is 1. The molecule has 0 aliphatic heterocycles. The molecule has 0 spiro atoms. The number of nitrogens with zero attached hydrogens (tertiary/aromatic N) is 2. The normalized spacial score (nSPS) is 11.3. The molecule has 134 valence electrons. The van der Waals surface area contributed by atoms with Gasteiger partial charge in [0.2, 0.25) is 5.88 Å². The number of ether oxygens (including phenoxy) is 1. The van der Waals surface area contributed by atoms with E-state index in [4.69, 9.17) is 4.74 Å². The Morgan fingerprint density at radius 1 is 1.24 bits per heavy atom. The summed E-state index contributed by atoms with van der Waals surface area (Å²) in [5, 5.41) is 6.52. The summed E-state index contributed by atoms with van der Waals surface area (Å²) in [6, 6.07) is 8.66. The lowest BCUT2D eigenvalue weighted by atomic mass is 10.1. The lowest BCUT2D eigenvalue weighted by Gasteiger charge is -2.12. The molecule has 2 N–H and O–H groups in total. The van der Waals surface area contributed by atoms with E-state index in [1.165, 1.54) is 6.07 Å². The fourth-order valence-corrected chi connectivity index (χ4v) is 2.39. The van der Waals surface area contributed by atoms with Gasteiger partial charge in [-0.3, -0.25) is 0 Å². The molecule has 2 aromatic rings. The van der Waals surface area contributed by atoms with Gasteiger partial charge < -0.3 is 15.4 Å². The number of hydrogen-bond donors (Lipinski definition) is 2. The predicted molar refractivity (Wildman–Crippen MR) is 98.4 cm³/mol. The number of hydrogen-bond acceptors (Lipinski definition) is 3. The second-order valence-corrected chi connectivity index (χ2v) is 5.65. The van der Waals surface area contributed by atoms with E-state index in [9.17, 15) is 4.39 Å². The van der Waals surface area contributed by atoms with Crippen molar-refractivity contribution in [3.63, 3.8) is 0 Å². The van der Waals surface area contributed by atoms with Crippen LogP contribution in [0.1, 0.15) is 23.6 Å². The minimum atomic E-state index is -0.197. The van der Waals surface area contributed by atoms with E-state index in [1.807, 2.05) is 32.0 Å². The van der Waals surface area contributed by atoms with Crippen molar-refractivity contribution in [2.75, 3.05) is 20.2 Å². The van der Waals surface area contributed by atoms with Crippen molar-refractivity contribution in [3.8, 4) is 5.88 Å². The Kier molecular flexibility index (Phi) is 7.19. The SMILES string of the molecule is CCNC(=NCc1ccc(OC)nc1)NCCc1ccc(F)cc1C. The van der Waals surface area contributed by atoms with E-state index in [0.717, 1.165) is 42.2 Å². The van der Waals surface area contributed by atoms with Gasteiger partial charge in [0, 0.05) is 25.4 Å². The summed E-state index contributed by atoms with van der Waals surface area (Å²) in [6.45, 7) is 5.98. The summed E-state index contributed by atoms with van der Waals surface area (Å²) in [5.41, 5.74) is 3.10. The zero-order valence-corrected chi connectivity index (χ0v) is 15.0. The van der Waals surface area contributed by atoms with Crippen molar-refractivity contribution in [3.05, 3.63) is 59.0 Å². The third kappa shape index (κ3) is 6.06. The summed E-state index contributed by atoms with van der Waals surface area (Å²) < 4.78 is 18.2. The molecule has 1 aromatic carbocycles. The van der Waals surface area contributed by atoms with Crippen molar-refractivity contribution in [2.24, 2.45) is 4.99 Å². The average molecular weight is 344 g/mol. The first-order valence-electron chi connectivity index (χ1n) is 8.38. The first-order valence-corrected chi connectivity index (χ1v) is 8.38. The molecule has 0 aliphatic rings. The van der Waals surface area contributed by atoms with Crippen molar-refractivity contribution in [1.29, 1.82) is 0 Å². The molecular weight excluding hydrogens is 319 g/mol. The molecule has 0 radical (unpaired) electrons. The quantitative estimate of drug-likeness (QED) is 0.599. The highest BCUT2D eigenvalue weighted by Gasteiger charge is 2.02. The van der Waals surface area contributed by atoms with Gasteiger partial charge in [-0.25, -0.2) is 14.4 Å². The summed E-state index contributed by atoms with van der Waals surface area (Å²) in [4.78, 5) is 8.74. The van der Waals surface area contributed by atoms with E-state index < -0.39 is 0 Å². The molecule has 0 unspecified atom stereocenters. The van der Waals surface area contributed by atoms with Gasteiger partial charge in [0.15, 0.2) is 5.96 Å². The molecular formula is C19H25FN4O. The molecule has 1 aromatic heterocycles. The minimum Gasteiger partial charge on any atom is -0.481 e. The minimum absolute atomic E-state index is 0.197. The maximum Gasteiger partial charge on any atom is 0.212 e. The second kappa shape index (κ2) is 9.61. The molecule has 25 heavy (non-hydrogen) atoms. The Morgan fingerprint density at radius 3 is 2.72 bits per heavy atom. The predicted octanol–water partition coefficient (Wildman–Crippen LogP) is 2.84. The molecule has 0 fully saturated rings. The molecule has 6 heteroatoms. The number of nitrogens with one attached hydrogen (secondary N) is 2. The van der Waals surface area contributed by atoms with Crippen LogP contribution in [0.25, 0.3) is 0 Å². The lowest BCUT2D eigenvalue weighted by molar-refractivity contribution is 0.397. The standard InChI is InChI=1S/C19H25FN4O/c1-4-21-19(24-13-15-5-8-18(25-3)23-12-15)22-10-9-16-6-7-17(20)11-14(16)2/h5-8,11-12H,4,9-10,13H2,1-3H3,(H2,21,22,24). The maximum absolute atomic E-state index is 13.1. The lowest BCUT2D eigenvalue weighted by Crippen LogP contribution is -2.38. The summed E-state index contributed by atoms with van der Waals surface area (Å²) in [7, 11) is 1.59. The number of methoxy groups -OCH3 is 1. The van der Waals surface area contributed by atoms with Gasteiger partial charge in [0.05, 0.1) is 13.7 Å². The van der Waals surface area contributed by atoms with Crippen LogP contribution in [0.3, 0.4) is 0 Å². The highest BCUT2D eigenvalue weighted by atomic mass is 19.1. The largest absolute Gasteiger partial charge is 0.481 e. The van der Waals surface area contributed by atoms with Gasteiger partial charge >= 0.3 is 0 Å². The van der Waals surface area contributed by atoms with Crippen LogP contribution in [-0.2, 0) is 13.0 Å². The summed E-state index contributed by atoms with van der Waals surface area (Å²) in [6.07, 6.45) is 2.56. The number of aromatic nitrogens is 1. The van der Waals surface area contributed by atoms with Crippen LogP contribution in [0.5, 0.6) is 5.88 Å². The number of guanidine groups is 1. The maximum atomic E-state index is 13.1. The number of rotatable bonds is 7. The number of pyridine rings is 1. The van der Waals surface area contributed by atoms with E-state index >= 15 is 0 Å². The molecule has 1 heterocycles. The van der Waals surface area contributed by atoms with Crippen LogP contribution in [0.2, 0.25) is 0 Å². The summed E-state index contributed by atoms with van der Waals surface area (Å²) >= 11 is 0. The first-order chi connectivity index (χ1) is 12.1. The van der Waals surface area contributed by atoms with Crippen molar-refractivity contribution in [1.82, 2.24) is 15.6 Å². The molecule has 2 rings (SSSR count). The van der Waals surface area contributed by atoms with Crippen molar-refractivity contribution < 1.29 is 9.13 Å². The van der Waals surface area contributed by atoms with Gasteiger partial charge in [0.1, 0.15) is 5.82 Å². The zero-order valence-electron chi connectivity index (χ0n) is 15.0. The molecule has 0 atom stereocenters. The Hall–Kier alpha value is -2.63. The van der Waals surface area contributed by atoms with Crippen LogP contribution < -0.4 is 15.4 Å². The van der Waals surface area contributed by atoms with E-state index in [-0.39, 0.29) is 5.82 Å². The van der Waals surface area contributed by atoms with E-state index in [2.05, 4.69) is 20.6 Å². The van der Waals surface area contributed by atoms with Gasteiger partial charge in [0.25, 0.3) is 0 Å². The fraction of sp³-hybridized carbons (Fsp3) is 0.368. The molecule has 5 nitrogen and oxygen atoms in total. The van der Waals surface area contributed by atoms with Gasteiger partial charge in [-0.15, -0.1) is 0 Å². The number of halogens is 1. The second-order valence-electron chi connectivity index (χ2n) is 5.65. The third-order valence-corrected chi connectivity index (χ3v) is 3.76. The Labute approximate surface area is 148 Å². The van der Waals surface area contributed by atoms with Crippen LogP contribution in [0, 0.1) is 12.7 Å². The molecule has 0 saturated carbocycles. The fourth-order valence-electron chi connectivity index (χ4n) is 2.39. The number of aliphatic imine (C=N–C) groups is 1. The summed E-state index contributed by atoms with van der Waals surface area (Å²) in [5.74, 6) is 1.14. The zero-order chi connectivity index (χ0) is 18.1. The Balaban J connectivity index is 1.90. The van der Waals surface area contributed by atoms with Crippen molar-refractivity contribution >= 4 is 5.96 Å². The molecule has 0 amide bonds. The van der Waals surface area contributed by atoms with Crippen LogP contribution >= 0.6 is 0 Å². The topological polar surface area (TPSA) is 58.5 Å². The highest BCUT2D eigenvalue weighted by Crippen LogP contribution is 2.10. The van der Waals surface area contributed by atoms with Crippen molar-refractivity contribution in [2.45, 2.75) is 26.8 Å². The first kappa shape index (κ1) is 18.7. The Morgan fingerprint density at radius 2 is 2.08 bits per heavy atom. The van der Waals surface area contributed by atoms with Crippen LogP contribution in [-0.4, -0.2) is 31.1 Å². The molecule has 0 saturated heterocycles. The average Bonchev–Trinajstić information content (AvgIpc) is 2.62. The smallest absolute Gasteiger partial charge is 0.212 e. The third-order valence-electron chi connectivity index (χ3n) is 3.76. The molecule has 0 bridgehead atoms. The van der Waals surface area contributed by atoms with Gasteiger partial charge in [-0.2, -0.15) is 0 Å². The van der Waals surface area contributed by atoms with E-state index in [0.29, 0.717) is 12.4 Å². The highest BCUT2D eigenvalue weighted by molar-refractivity contribution is 5.79. The van der Waals surface area contributed by atoms with Gasteiger partial charge in [-0.1, -0.05) is 12.1 Å².